The lowest BCUT2D eigenvalue weighted by atomic mass is 9.93. The minimum atomic E-state index is -2.30. The van der Waals surface area contributed by atoms with E-state index in [9.17, 15) is 132 Å². The van der Waals surface area contributed by atoms with Crippen LogP contribution in [0.2, 0.25) is 0 Å². The van der Waals surface area contributed by atoms with Crippen LogP contribution in [0.4, 0.5) is 0 Å². The maximum atomic E-state index is 12.9. The van der Waals surface area contributed by atoms with Gasteiger partial charge in [0, 0.05) is 27.7 Å². The van der Waals surface area contributed by atoms with Crippen LogP contribution in [0.3, 0.4) is 0 Å². The number of aliphatic hydroxyl groups excluding tert-OH is 22. The first kappa shape index (κ1) is 83.0. The van der Waals surface area contributed by atoms with E-state index in [1.54, 1.807) is 0 Å². The van der Waals surface area contributed by atoms with E-state index >= 15 is 0 Å². The molecule has 0 bridgehead atoms. The number of aliphatic hydroxyl groups is 22. The molecule has 0 aromatic carbocycles. The quantitative estimate of drug-likeness (QED) is 0.0382. The molecule has 8 saturated heterocycles. The van der Waals surface area contributed by atoms with E-state index in [0.717, 1.165) is 27.7 Å². The molecule has 0 radical (unpaired) electrons. The average molecular weight is 1480 g/mol. The lowest BCUT2D eigenvalue weighted by Gasteiger charge is -2.51. The molecule has 101 heavy (non-hydrogen) atoms. The lowest BCUT2D eigenvalue weighted by Crippen LogP contribution is -2.71. The van der Waals surface area contributed by atoms with Gasteiger partial charge in [0.2, 0.25) is 23.6 Å². The zero-order valence-electron chi connectivity index (χ0n) is 54.3. The molecule has 0 aromatic heterocycles. The number of hydrogen-bond donors (Lipinski definition) is 26. The summed E-state index contributed by atoms with van der Waals surface area (Å²) in [5, 5.41) is 250. The first-order valence-corrected chi connectivity index (χ1v) is 32.1. The molecular formula is C56H94N4O41. The predicted octanol–water partition coefficient (Wildman–Crippen LogP) is -17.9. The minimum absolute atomic E-state index is 0.785. The minimum Gasteiger partial charge on any atom is -0.394 e. The summed E-state index contributed by atoms with van der Waals surface area (Å²) >= 11 is 0. The molecule has 8 heterocycles. The Morgan fingerprint density at radius 3 is 0.842 bits per heavy atom. The third kappa shape index (κ3) is 18.5. The summed E-state index contributed by atoms with van der Waals surface area (Å²) < 4.78 is 86.9. The van der Waals surface area contributed by atoms with Crippen LogP contribution in [-0.2, 0) is 90.2 Å². The van der Waals surface area contributed by atoms with Gasteiger partial charge >= 0.3 is 0 Å². The zero-order valence-corrected chi connectivity index (χ0v) is 54.3. The van der Waals surface area contributed by atoms with Gasteiger partial charge in [-0.25, -0.2) is 0 Å². The number of rotatable bonds is 26. The van der Waals surface area contributed by atoms with Crippen molar-refractivity contribution in [1.82, 2.24) is 21.3 Å². The molecule has 0 spiro atoms. The number of ether oxygens (including phenoxy) is 15. The van der Waals surface area contributed by atoms with Crippen molar-refractivity contribution < 1.29 is 203 Å². The van der Waals surface area contributed by atoms with Crippen molar-refractivity contribution in [2.45, 2.75) is 273 Å². The normalized spacial score (nSPS) is 48.3. The number of carbonyl (C=O) groups excluding carboxylic acids is 4. The van der Waals surface area contributed by atoms with Crippen molar-refractivity contribution in [2.24, 2.45) is 0 Å². The second kappa shape index (κ2) is 36.3. The van der Waals surface area contributed by atoms with E-state index in [-0.39, 0.29) is 0 Å². The second-order valence-electron chi connectivity index (χ2n) is 25.4. The van der Waals surface area contributed by atoms with E-state index in [4.69, 9.17) is 71.1 Å². The monoisotopic (exact) mass is 1480 g/mol. The standard InChI is InChI=1S/C56H94N4O41/c1-13(68)57-25-34(77)43(21(9-65)93-50(25)87-12-24-33(76)46(28(49(86)88-24)60-16(4)71)99-54-40(83)38(81)30(73)18(6-62)90-54)97-55-41(84)47(31(74)19(7-63)91-55)101-52-27(59-15(3)70)36(79)45(23(11-67)95-52)98-56-42(85)48(32(75)20(8-64)92-56)100-51-26(58-14(2)69)35(78)44(22(10-66)94-51)96-53-39(82)37(80)29(72)17(5-61)89-53/h17-56,61-67,72-86H,5-12H2,1-4H3,(H,57,68)(H,58,69)(H,59,70)(H,60,71)/t17-,18-,19-,20-,21-,22-,23-,24-,25-,26-,27-,28-,29+,30+,31+,32+,33+,34-,35-,36-,37+,38+,39-,40-,41-,42-,43-,44-,45-,46-,47+,48+,49?,50-,51+,52+,53+,54+,55+,56+/m1/s1. The van der Waals surface area contributed by atoms with Crippen LogP contribution in [0.15, 0.2) is 0 Å². The fourth-order valence-electron chi connectivity index (χ4n) is 13.0. The van der Waals surface area contributed by atoms with Crippen LogP contribution in [-0.4, -0.2) is 434 Å². The third-order valence-electron chi connectivity index (χ3n) is 18.2. The van der Waals surface area contributed by atoms with E-state index in [2.05, 4.69) is 21.3 Å². The molecule has 4 amide bonds. The molecule has 584 valence electrons. The van der Waals surface area contributed by atoms with Crippen LogP contribution in [0.5, 0.6) is 0 Å². The van der Waals surface area contributed by atoms with Crippen molar-refractivity contribution in [2.75, 3.05) is 52.9 Å². The highest BCUT2D eigenvalue weighted by molar-refractivity contribution is 5.74. The Morgan fingerprint density at radius 2 is 0.515 bits per heavy atom. The molecule has 8 aliphatic heterocycles. The average Bonchev–Trinajstić information content (AvgIpc) is 0.771. The van der Waals surface area contributed by atoms with Crippen LogP contribution in [0.25, 0.3) is 0 Å². The lowest BCUT2D eigenvalue weighted by molar-refractivity contribution is -0.386. The van der Waals surface area contributed by atoms with Crippen molar-refractivity contribution in [3.05, 3.63) is 0 Å². The Balaban J connectivity index is 0.964. The molecule has 45 heteroatoms. The maximum Gasteiger partial charge on any atom is 0.217 e. The molecule has 0 aromatic rings. The molecular weight excluding hydrogens is 1380 g/mol. The van der Waals surface area contributed by atoms with Crippen molar-refractivity contribution in [3.8, 4) is 0 Å². The first-order chi connectivity index (χ1) is 47.8. The van der Waals surface area contributed by atoms with Gasteiger partial charge in [0.1, 0.15) is 195 Å². The van der Waals surface area contributed by atoms with Gasteiger partial charge in [0.15, 0.2) is 50.3 Å². The van der Waals surface area contributed by atoms with E-state index < -0.39 is 322 Å². The summed E-state index contributed by atoms with van der Waals surface area (Å²) in [5.74, 6) is -3.43. The van der Waals surface area contributed by atoms with Crippen molar-refractivity contribution >= 4 is 23.6 Å². The highest BCUT2D eigenvalue weighted by Gasteiger charge is 2.60. The SMILES string of the molecule is CC(=O)N[C@H]1[C@H](O[C@H]2[C@@H](O)[C@@H](CO)O[C@@H](O[C@H]3[C@H](O)[C@@H](NC(C)=O)[C@H](O[C@H]4[C@@H](O)[C@@H](CO)O[C@@H](O[C@H]5[C@H](O)[C@@H](NC(C)=O)[C@H](OC[C@H]6OC(O)[C@H](NC(C)=O)[C@@H](O[C@@H]7O[C@H](CO)[C@H](O)[C@H](O)[C@H]7O)[C@H]6O)O[C@@H]5CO)[C@@H]4O)O[C@@H]3CO)[C@@H]2O)O[C@H](CO)[C@@H](O[C@@H]2O[C@H](CO)[C@H](O)[C@H](O)[C@H]2O)[C@@H]1O. The summed E-state index contributed by atoms with van der Waals surface area (Å²) in [5.41, 5.74) is 0. The summed E-state index contributed by atoms with van der Waals surface area (Å²) in [7, 11) is 0. The fraction of sp³-hybridized carbons (Fsp3) is 0.929. The van der Waals surface area contributed by atoms with E-state index in [0.29, 0.717) is 0 Å². The Morgan fingerprint density at radius 1 is 0.257 bits per heavy atom. The van der Waals surface area contributed by atoms with Crippen LogP contribution in [0, 0.1) is 0 Å². The Labute approximate surface area is 572 Å². The smallest absolute Gasteiger partial charge is 0.217 e. The molecule has 0 saturated carbocycles. The van der Waals surface area contributed by atoms with Gasteiger partial charge in [-0.05, 0) is 0 Å². The second-order valence-corrected chi connectivity index (χ2v) is 25.4. The van der Waals surface area contributed by atoms with Gasteiger partial charge < -0.3 is 205 Å². The third-order valence-corrected chi connectivity index (χ3v) is 18.2. The Bertz CT molecular complexity index is 2640. The predicted molar refractivity (Wildman–Crippen MR) is 311 cm³/mol. The molecule has 26 N–H and O–H groups in total. The van der Waals surface area contributed by atoms with Crippen LogP contribution < -0.4 is 21.3 Å². The van der Waals surface area contributed by atoms with E-state index in [1.165, 1.54) is 0 Å². The molecule has 1 unspecified atom stereocenters. The number of nitrogens with one attached hydrogen (secondary N) is 4. The Hall–Kier alpha value is -3.60. The first-order valence-electron chi connectivity index (χ1n) is 32.1. The largest absolute Gasteiger partial charge is 0.394 e. The van der Waals surface area contributed by atoms with Gasteiger partial charge in [-0.15, -0.1) is 0 Å². The molecule has 8 fully saturated rings. The summed E-state index contributed by atoms with van der Waals surface area (Å²) in [4.78, 5) is 50.4. The summed E-state index contributed by atoms with van der Waals surface area (Å²) in [6, 6.07) is -7.09. The van der Waals surface area contributed by atoms with Gasteiger partial charge in [0.25, 0.3) is 0 Å². The molecule has 0 aliphatic carbocycles. The highest BCUT2D eigenvalue weighted by atomic mass is 16.8. The fourth-order valence-corrected chi connectivity index (χ4v) is 13.0. The van der Waals surface area contributed by atoms with Crippen LogP contribution in [0.1, 0.15) is 27.7 Å². The van der Waals surface area contributed by atoms with Crippen molar-refractivity contribution in [3.63, 3.8) is 0 Å². The van der Waals surface area contributed by atoms with Gasteiger partial charge in [0.05, 0.1) is 52.9 Å². The number of hydrogen-bond acceptors (Lipinski definition) is 41. The Kier molecular flexibility index (Phi) is 29.9. The topological polar surface area (TPSA) is 700 Å². The van der Waals surface area contributed by atoms with Gasteiger partial charge in [-0.1, -0.05) is 0 Å². The molecule has 8 aliphatic rings. The van der Waals surface area contributed by atoms with Crippen LogP contribution >= 0.6 is 0 Å². The maximum absolute atomic E-state index is 12.9. The molecule has 8 rings (SSSR count). The number of carbonyl (C=O) groups is 4. The zero-order chi connectivity index (χ0) is 74.5. The highest BCUT2D eigenvalue weighted by Crippen LogP contribution is 2.39. The number of amides is 4. The van der Waals surface area contributed by atoms with E-state index in [1.807, 2.05) is 0 Å². The van der Waals surface area contributed by atoms with Gasteiger partial charge in [-0.2, -0.15) is 0 Å². The summed E-state index contributed by atoms with van der Waals surface area (Å²) in [6.07, 6.45) is -70.2. The summed E-state index contributed by atoms with van der Waals surface area (Å²) in [6.45, 7) is -4.09. The molecule has 45 nitrogen and oxygen atoms in total. The van der Waals surface area contributed by atoms with Crippen molar-refractivity contribution in [1.29, 1.82) is 0 Å². The molecule has 40 atom stereocenters. The van der Waals surface area contributed by atoms with Gasteiger partial charge in [-0.3, -0.25) is 19.2 Å².